The Labute approximate surface area is 129 Å². The van der Waals surface area contributed by atoms with Gasteiger partial charge in [-0.25, -0.2) is 0 Å². The molecule has 0 saturated heterocycles. The van der Waals surface area contributed by atoms with Crippen LogP contribution in [0.5, 0.6) is 0 Å². The Balaban J connectivity index is 2.04. The first-order chi connectivity index (χ1) is 10.0. The van der Waals surface area contributed by atoms with E-state index in [4.69, 9.17) is 17.3 Å². The molecule has 2 amide bonds. The zero-order chi connectivity index (χ0) is 15.4. The number of rotatable bonds is 3. The van der Waals surface area contributed by atoms with Crippen LogP contribution in [0.4, 0.5) is 5.69 Å². The molecule has 114 valence electrons. The predicted molar refractivity (Wildman–Crippen MR) is 83.4 cm³/mol. The van der Waals surface area contributed by atoms with Crippen molar-refractivity contribution in [3.05, 3.63) is 28.8 Å². The van der Waals surface area contributed by atoms with Gasteiger partial charge in [-0.15, -0.1) is 0 Å². The number of anilines is 1. The van der Waals surface area contributed by atoms with Crippen molar-refractivity contribution in [3.63, 3.8) is 0 Å². The van der Waals surface area contributed by atoms with Crippen molar-refractivity contribution < 1.29 is 9.59 Å². The first-order valence-corrected chi connectivity index (χ1v) is 7.47. The highest BCUT2D eigenvalue weighted by Crippen LogP contribution is 2.26. The minimum absolute atomic E-state index is 0.0334. The molecule has 0 heterocycles. The summed E-state index contributed by atoms with van der Waals surface area (Å²) >= 11 is 6.06. The van der Waals surface area contributed by atoms with Gasteiger partial charge in [0, 0.05) is 24.7 Å². The minimum atomic E-state index is -0.254. The van der Waals surface area contributed by atoms with Crippen LogP contribution in [-0.4, -0.2) is 24.9 Å². The van der Waals surface area contributed by atoms with Gasteiger partial charge >= 0.3 is 0 Å². The predicted octanol–water partition coefficient (Wildman–Crippen LogP) is 2.16. The highest BCUT2D eigenvalue weighted by atomic mass is 35.5. The fourth-order valence-corrected chi connectivity index (χ4v) is 2.89. The minimum Gasteiger partial charge on any atom is -0.355 e. The molecule has 2 unspecified atom stereocenters. The van der Waals surface area contributed by atoms with E-state index >= 15 is 0 Å². The maximum absolute atomic E-state index is 12.2. The summed E-state index contributed by atoms with van der Waals surface area (Å²) in [4.78, 5) is 23.8. The van der Waals surface area contributed by atoms with Gasteiger partial charge < -0.3 is 16.4 Å². The van der Waals surface area contributed by atoms with Gasteiger partial charge in [-0.3, -0.25) is 9.59 Å². The molecule has 5 nitrogen and oxygen atoms in total. The molecule has 1 aliphatic carbocycles. The lowest BCUT2D eigenvalue weighted by Crippen LogP contribution is -2.34. The maximum Gasteiger partial charge on any atom is 0.252 e. The second-order valence-electron chi connectivity index (χ2n) is 5.39. The van der Waals surface area contributed by atoms with Crippen molar-refractivity contribution in [1.82, 2.24) is 5.32 Å². The molecule has 0 radical (unpaired) electrons. The molecular formula is C15H20ClN3O2. The zero-order valence-corrected chi connectivity index (χ0v) is 12.7. The molecular weight excluding hydrogens is 290 g/mol. The number of nitrogens with two attached hydrogens (primary N) is 1. The fraction of sp³-hybridized carbons (Fsp3) is 0.467. The van der Waals surface area contributed by atoms with Crippen molar-refractivity contribution in [2.24, 2.45) is 11.7 Å². The van der Waals surface area contributed by atoms with E-state index in [2.05, 4.69) is 10.6 Å². The van der Waals surface area contributed by atoms with Crippen LogP contribution in [0, 0.1) is 5.92 Å². The molecule has 1 aromatic carbocycles. The molecule has 4 N–H and O–H groups in total. The molecule has 1 saturated carbocycles. The second kappa shape index (κ2) is 6.91. The lowest BCUT2D eigenvalue weighted by Gasteiger charge is -2.25. The van der Waals surface area contributed by atoms with E-state index in [-0.39, 0.29) is 23.8 Å². The van der Waals surface area contributed by atoms with E-state index < -0.39 is 0 Å². The summed E-state index contributed by atoms with van der Waals surface area (Å²) in [7, 11) is 1.54. The van der Waals surface area contributed by atoms with Crippen LogP contribution in [0.25, 0.3) is 0 Å². The molecule has 0 aromatic heterocycles. The molecule has 0 aliphatic heterocycles. The summed E-state index contributed by atoms with van der Waals surface area (Å²) in [5.41, 5.74) is 6.88. The van der Waals surface area contributed by atoms with Crippen molar-refractivity contribution in [3.8, 4) is 0 Å². The molecule has 0 spiro atoms. The Bertz CT molecular complexity index is 548. The molecule has 0 bridgehead atoms. The SMILES string of the molecule is CNC(=O)c1ccc(NC(=O)C2CCCC(N)C2)cc1Cl. The lowest BCUT2D eigenvalue weighted by molar-refractivity contribution is -0.120. The van der Waals surface area contributed by atoms with Crippen LogP contribution < -0.4 is 16.4 Å². The lowest BCUT2D eigenvalue weighted by atomic mass is 9.85. The van der Waals surface area contributed by atoms with Gasteiger partial charge in [0.25, 0.3) is 5.91 Å². The molecule has 2 atom stereocenters. The first kappa shape index (κ1) is 15.8. The van der Waals surface area contributed by atoms with Gasteiger partial charge in [-0.05, 0) is 37.5 Å². The van der Waals surface area contributed by atoms with Crippen molar-refractivity contribution in [2.45, 2.75) is 31.7 Å². The Morgan fingerprint density at radius 1 is 1.33 bits per heavy atom. The average Bonchev–Trinajstić information content (AvgIpc) is 2.46. The summed E-state index contributed by atoms with van der Waals surface area (Å²) in [5.74, 6) is -0.337. The largest absolute Gasteiger partial charge is 0.355 e. The summed E-state index contributed by atoms with van der Waals surface area (Å²) in [6, 6.07) is 4.97. The standard InChI is InChI=1S/C15H20ClN3O2/c1-18-15(21)12-6-5-11(8-13(12)16)19-14(20)9-3-2-4-10(17)7-9/h5-6,8-10H,2-4,7,17H2,1H3,(H,18,21)(H,19,20). The normalized spacial score (nSPS) is 21.7. The third-order valence-corrected chi connectivity index (χ3v) is 4.11. The summed E-state index contributed by atoms with van der Waals surface area (Å²) < 4.78 is 0. The number of carbonyl (C=O) groups excluding carboxylic acids is 2. The van der Waals surface area contributed by atoms with Crippen LogP contribution in [0.1, 0.15) is 36.0 Å². The fourth-order valence-electron chi connectivity index (χ4n) is 2.62. The number of amides is 2. The molecule has 6 heteroatoms. The zero-order valence-electron chi connectivity index (χ0n) is 12.0. The molecule has 21 heavy (non-hydrogen) atoms. The van der Waals surface area contributed by atoms with Crippen LogP contribution >= 0.6 is 11.6 Å². The number of halogens is 1. The molecule has 1 aromatic rings. The van der Waals surface area contributed by atoms with Crippen LogP contribution in [0.3, 0.4) is 0 Å². The Morgan fingerprint density at radius 2 is 2.10 bits per heavy atom. The van der Waals surface area contributed by atoms with Gasteiger partial charge in [0.15, 0.2) is 0 Å². The molecule has 1 fully saturated rings. The molecule has 1 aliphatic rings. The Morgan fingerprint density at radius 3 is 2.71 bits per heavy atom. The maximum atomic E-state index is 12.2. The summed E-state index contributed by atoms with van der Waals surface area (Å²) in [6.07, 6.45) is 3.55. The van der Waals surface area contributed by atoms with Gasteiger partial charge in [-0.2, -0.15) is 0 Å². The van der Waals surface area contributed by atoms with Crippen molar-refractivity contribution in [1.29, 1.82) is 0 Å². The smallest absolute Gasteiger partial charge is 0.252 e. The van der Waals surface area contributed by atoms with Crippen LogP contribution in [0.2, 0.25) is 5.02 Å². The van der Waals surface area contributed by atoms with Crippen molar-refractivity contribution >= 4 is 29.1 Å². The highest BCUT2D eigenvalue weighted by Gasteiger charge is 2.25. The van der Waals surface area contributed by atoms with E-state index in [1.165, 1.54) is 0 Å². The number of hydrogen-bond acceptors (Lipinski definition) is 3. The quantitative estimate of drug-likeness (QED) is 0.800. The number of benzene rings is 1. The molecule has 2 rings (SSSR count). The average molecular weight is 310 g/mol. The van der Waals surface area contributed by atoms with E-state index in [9.17, 15) is 9.59 Å². The number of hydrogen-bond donors (Lipinski definition) is 3. The third-order valence-electron chi connectivity index (χ3n) is 3.79. The van der Waals surface area contributed by atoms with Gasteiger partial charge in [0.05, 0.1) is 10.6 Å². The van der Waals surface area contributed by atoms with E-state index in [1.54, 1.807) is 25.2 Å². The van der Waals surface area contributed by atoms with E-state index in [0.29, 0.717) is 16.3 Å². The monoisotopic (exact) mass is 309 g/mol. The van der Waals surface area contributed by atoms with Gasteiger partial charge in [-0.1, -0.05) is 18.0 Å². The van der Waals surface area contributed by atoms with E-state index in [1.807, 2.05) is 0 Å². The third kappa shape index (κ3) is 3.95. The Kier molecular flexibility index (Phi) is 5.20. The van der Waals surface area contributed by atoms with Crippen LogP contribution in [0.15, 0.2) is 18.2 Å². The Hall–Kier alpha value is -1.59. The van der Waals surface area contributed by atoms with Crippen LogP contribution in [-0.2, 0) is 4.79 Å². The summed E-state index contributed by atoms with van der Waals surface area (Å²) in [6.45, 7) is 0. The first-order valence-electron chi connectivity index (χ1n) is 7.09. The van der Waals surface area contributed by atoms with Crippen molar-refractivity contribution in [2.75, 3.05) is 12.4 Å². The highest BCUT2D eigenvalue weighted by molar-refractivity contribution is 6.34. The topological polar surface area (TPSA) is 84.2 Å². The summed E-state index contributed by atoms with van der Waals surface area (Å²) in [5, 5.41) is 5.67. The number of nitrogens with one attached hydrogen (secondary N) is 2. The van der Waals surface area contributed by atoms with Gasteiger partial charge in [0.2, 0.25) is 5.91 Å². The second-order valence-corrected chi connectivity index (χ2v) is 5.79. The van der Waals surface area contributed by atoms with Gasteiger partial charge in [0.1, 0.15) is 0 Å². The number of carbonyl (C=O) groups is 2. The van der Waals surface area contributed by atoms with E-state index in [0.717, 1.165) is 25.7 Å².